The molecule has 1 atom stereocenters. The van der Waals surface area contributed by atoms with Crippen LogP contribution in [0.5, 0.6) is 0 Å². The molecule has 1 fully saturated rings. The molecule has 0 bridgehead atoms. The highest BCUT2D eigenvalue weighted by Gasteiger charge is 2.18. The summed E-state index contributed by atoms with van der Waals surface area (Å²) in [5, 5.41) is 11.1. The van der Waals surface area contributed by atoms with Crippen molar-refractivity contribution in [3.63, 3.8) is 0 Å². The van der Waals surface area contributed by atoms with Gasteiger partial charge < -0.3 is 5.32 Å². The molecule has 0 spiro atoms. The van der Waals surface area contributed by atoms with Gasteiger partial charge in [-0.15, -0.1) is 5.10 Å². The maximum atomic E-state index is 3.89. The van der Waals surface area contributed by atoms with Crippen LogP contribution in [0.3, 0.4) is 0 Å². The summed E-state index contributed by atoms with van der Waals surface area (Å²) in [4.78, 5) is 0. The predicted octanol–water partition coefficient (Wildman–Crippen LogP) is 0.240. The summed E-state index contributed by atoms with van der Waals surface area (Å²) >= 11 is 0. The van der Waals surface area contributed by atoms with E-state index in [2.05, 4.69) is 15.6 Å². The van der Waals surface area contributed by atoms with Gasteiger partial charge in [0.05, 0.1) is 17.9 Å². The van der Waals surface area contributed by atoms with E-state index >= 15 is 0 Å². The number of nitrogens with one attached hydrogen (secondary N) is 1. The molecule has 1 N–H and O–H groups in total. The van der Waals surface area contributed by atoms with Crippen molar-refractivity contribution >= 4 is 0 Å². The van der Waals surface area contributed by atoms with E-state index in [0.29, 0.717) is 6.04 Å². The third kappa shape index (κ3) is 1.14. The largest absolute Gasteiger partial charge is 0.309 e. The van der Waals surface area contributed by atoms with Gasteiger partial charge in [0.15, 0.2) is 0 Å². The molecule has 1 aromatic rings. The van der Waals surface area contributed by atoms with E-state index < -0.39 is 0 Å². The topological polar surface area (TPSA) is 42.7 Å². The normalized spacial score (nSPS) is 24.3. The van der Waals surface area contributed by atoms with E-state index in [-0.39, 0.29) is 0 Å². The number of aromatic nitrogens is 3. The SMILES string of the molecule is Cn1nncc1C1CCCN1. The van der Waals surface area contributed by atoms with Crippen molar-refractivity contribution in [1.82, 2.24) is 20.3 Å². The zero-order chi connectivity index (χ0) is 7.68. The quantitative estimate of drug-likeness (QED) is 0.626. The van der Waals surface area contributed by atoms with Crippen LogP contribution >= 0.6 is 0 Å². The molecular formula is C7H12N4. The molecule has 0 radical (unpaired) electrons. The first-order chi connectivity index (χ1) is 5.38. The highest BCUT2D eigenvalue weighted by Crippen LogP contribution is 2.20. The number of hydrogen-bond acceptors (Lipinski definition) is 3. The van der Waals surface area contributed by atoms with Crippen LogP contribution in [0.25, 0.3) is 0 Å². The van der Waals surface area contributed by atoms with Gasteiger partial charge in [0.25, 0.3) is 0 Å². The van der Waals surface area contributed by atoms with Crippen molar-refractivity contribution in [2.24, 2.45) is 7.05 Å². The highest BCUT2D eigenvalue weighted by molar-refractivity contribution is 5.03. The Labute approximate surface area is 65.6 Å². The van der Waals surface area contributed by atoms with Gasteiger partial charge in [-0.05, 0) is 19.4 Å². The van der Waals surface area contributed by atoms with Crippen molar-refractivity contribution < 1.29 is 0 Å². The minimum absolute atomic E-state index is 0.481. The second-order valence-electron chi connectivity index (χ2n) is 2.93. The Bertz CT molecular complexity index is 236. The maximum absolute atomic E-state index is 3.89. The summed E-state index contributed by atoms with van der Waals surface area (Å²) in [6, 6.07) is 0.481. The molecule has 1 aromatic heterocycles. The average Bonchev–Trinajstić information content (AvgIpc) is 2.55. The summed E-state index contributed by atoms with van der Waals surface area (Å²) in [5.74, 6) is 0. The van der Waals surface area contributed by atoms with Crippen molar-refractivity contribution in [1.29, 1.82) is 0 Å². The Morgan fingerprint density at radius 1 is 1.73 bits per heavy atom. The lowest BCUT2D eigenvalue weighted by Crippen LogP contribution is -2.16. The molecule has 4 heteroatoms. The van der Waals surface area contributed by atoms with Gasteiger partial charge in [0.1, 0.15) is 0 Å². The fourth-order valence-electron chi connectivity index (χ4n) is 1.55. The van der Waals surface area contributed by atoms with Crippen molar-refractivity contribution in [3.8, 4) is 0 Å². The van der Waals surface area contributed by atoms with E-state index in [0.717, 1.165) is 6.54 Å². The first-order valence-electron chi connectivity index (χ1n) is 3.96. The molecule has 0 amide bonds. The van der Waals surface area contributed by atoms with E-state index in [9.17, 15) is 0 Å². The summed E-state index contributed by atoms with van der Waals surface area (Å²) in [7, 11) is 1.93. The third-order valence-corrected chi connectivity index (χ3v) is 2.17. The Kier molecular flexibility index (Phi) is 1.62. The van der Waals surface area contributed by atoms with Crippen LogP contribution in [0.2, 0.25) is 0 Å². The van der Waals surface area contributed by atoms with Gasteiger partial charge >= 0.3 is 0 Å². The summed E-state index contributed by atoms with van der Waals surface area (Å²) in [6.07, 6.45) is 4.31. The highest BCUT2D eigenvalue weighted by atomic mass is 15.4. The van der Waals surface area contributed by atoms with Gasteiger partial charge in [0.2, 0.25) is 0 Å². The summed E-state index contributed by atoms with van der Waals surface area (Å²) in [6.45, 7) is 1.12. The van der Waals surface area contributed by atoms with Gasteiger partial charge in [-0.25, -0.2) is 0 Å². The second kappa shape index (κ2) is 2.62. The van der Waals surface area contributed by atoms with E-state index in [1.54, 1.807) is 0 Å². The lowest BCUT2D eigenvalue weighted by molar-refractivity contribution is 0.569. The van der Waals surface area contributed by atoms with E-state index in [1.807, 2.05) is 17.9 Å². The standard InChI is InChI=1S/C7H12N4/c1-11-7(5-9-10-11)6-3-2-4-8-6/h5-6,8H,2-4H2,1H3. The Morgan fingerprint density at radius 2 is 2.64 bits per heavy atom. The molecule has 0 aliphatic carbocycles. The summed E-state index contributed by atoms with van der Waals surface area (Å²) in [5.41, 5.74) is 1.20. The predicted molar refractivity (Wildman–Crippen MR) is 41.0 cm³/mol. The first-order valence-corrected chi connectivity index (χ1v) is 3.96. The number of hydrogen-bond donors (Lipinski definition) is 1. The molecule has 4 nitrogen and oxygen atoms in total. The molecule has 1 aliphatic rings. The molecule has 0 aromatic carbocycles. The van der Waals surface area contributed by atoms with Crippen LogP contribution < -0.4 is 5.32 Å². The molecular weight excluding hydrogens is 140 g/mol. The number of nitrogens with zero attached hydrogens (tertiary/aromatic N) is 3. The Morgan fingerprint density at radius 3 is 3.18 bits per heavy atom. The molecule has 60 valence electrons. The van der Waals surface area contributed by atoms with Crippen molar-refractivity contribution in [2.45, 2.75) is 18.9 Å². The lowest BCUT2D eigenvalue weighted by atomic mass is 10.2. The second-order valence-corrected chi connectivity index (χ2v) is 2.93. The van der Waals surface area contributed by atoms with Crippen LogP contribution in [0, 0.1) is 0 Å². The van der Waals surface area contributed by atoms with Crippen molar-refractivity contribution in [3.05, 3.63) is 11.9 Å². The monoisotopic (exact) mass is 152 g/mol. The first kappa shape index (κ1) is 6.79. The molecule has 1 saturated heterocycles. The zero-order valence-corrected chi connectivity index (χ0v) is 6.62. The van der Waals surface area contributed by atoms with Crippen LogP contribution in [-0.2, 0) is 7.05 Å². The fourth-order valence-corrected chi connectivity index (χ4v) is 1.55. The van der Waals surface area contributed by atoms with Crippen LogP contribution in [0.4, 0.5) is 0 Å². The van der Waals surface area contributed by atoms with Gasteiger partial charge in [-0.3, -0.25) is 4.68 Å². The maximum Gasteiger partial charge on any atom is 0.0753 e. The number of aryl methyl sites for hydroxylation is 1. The minimum Gasteiger partial charge on any atom is -0.309 e. The molecule has 0 saturated carbocycles. The van der Waals surface area contributed by atoms with Crippen LogP contribution in [0.15, 0.2) is 6.20 Å². The van der Waals surface area contributed by atoms with Crippen LogP contribution in [0.1, 0.15) is 24.6 Å². The average molecular weight is 152 g/mol. The Hall–Kier alpha value is -0.900. The van der Waals surface area contributed by atoms with Crippen molar-refractivity contribution in [2.75, 3.05) is 6.54 Å². The van der Waals surface area contributed by atoms with E-state index in [4.69, 9.17) is 0 Å². The van der Waals surface area contributed by atoms with E-state index in [1.165, 1.54) is 18.5 Å². The Balaban J connectivity index is 2.21. The molecule has 2 heterocycles. The third-order valence-electron chi connectivity index (χ3n) is 2.17. The molecule has 1 unspecified atom stereocenters. The van der Waals surface area contributed by atoms with Gasteiger partial charge in [-0.1, -0.05) is 5.21 Å². The molecule has 2 rings (SSSR count). The summed E-state index contributed by atoms with van der Waals surface area (Å²) < 4.78 is 1.84. The zero-order valence-electron chi connectivity index (χ0n) is 6.62. The molecule has 11 heavy (non-hydrogen) atoms. The van der Waals surface area contributed by atoms with Gasteiger partial charge in [-0.2, -0.15) is 0 Å². The minimum atomic E-state index is 0.481. The van der Waals surface area contributed by atoms with Gasteiger partial charge in [0, 0.05) is 7.05 Å². The molecule has 1 aliphatic heterocycles. The van der Waals surface area contributed by atoms with Crippen LogP contribution in [-0.4, -0.2) is 21.5 Å². The smallest absolute Gasteiger partial charge is 0.0753 e. The number of rotatable bonds is 1. The fraction of sp³-hybridized carbons (Fsp3) is 0.714. The lowest BCUT2D eigenvalue weighted by Gasteiger charge is -2.07.